The Bertz CT molecular complexity index is 616. The Hall–Kier alpha value is -2.28. The van der Waals surface area contributed by atoms with Crippen molar-refractivity contribution in [3.8, 4) is 0 Å². The molecular formula is C23H30B. The third-order valence-electron chi connectivity index (χ3n) is 4.07. The van der Waals surface area contributed by atoms with Crippen LogP contribution in [0.15, 0.2) is 108 Å². The number of hydrogen-bond donors (Lipinski definition) is 0. The summed E-state index contributed by atoms with van der Waals surface area (Å²) >= 11 is 0. The fourth-order valence-corrected chi connectivity index (χ4v) is 2.30. The molecule has 0 spiro atoms. The quantitative estimate of drug-likeness (QED) is 0.321. The lowest BCUT2D eigenvalue weighted by molar-refractivity contribution is 1.21. The van der Waals surface area contributed by atoms with Gasteiger partial charge in [-0.05, 0) is 61.1 Å². The van der Waals surface area contributed by atoms with Crippen molar-refractivity contribution in [1.82, 2.24) is 0 Å². The molecule has 0 unspecified atom stereocenters. The van der Waals surface area contributed by atoms with Crippen LogP contribution in [0.3, 0.4) is 0 Å². The molecule has 0 nitrogen and oxygen atoms in total. The number of rotatable bonds is 9. The predicted molar refractivity (Wildman–Crippen MR) is 113 cm³/mol. The molecule has 0 fully saturated rings. The second-order valence-electron chi connectivity index (χ2n) is 5.61. The summed E-state index contributed by atoms with van der Waals surface area (Å²) in [7, 11) is 2.02. The van der Waals surface area contributed by atoms with Gasteiger partial charge < -0.3 is 0 Å². The van der Waals surface area contributed by atoms with Crippen LogP contribution in [0.4, 0.5) is 0 Å². The van der Waals surface area contributed by atoms with Crippen LogP contribution in [0.1, 0.15) is 27.7 Å². The first-order valence-corrected chi connectivity index (χ1v) is 8.14. The zero-order valence-corrected chi connectivity index (χ0v) is 15.9. The highest BCUT2D eigenvalue weighted by Gasteiger charge is 2.13. The highest BCUT2D eigenvalue weighted by Crippen LogP contribution is 2.31. The van der Waals surface area contributed by atoms with Crippen LogP contribution >= 0.6 is 0 Å². The average molecular weight is 317 g/mol. The van der Waals surface area contributed by atoms with E-state index in [-0.39, 0.29) is 0 Å². The number of hydrogen-bond acceptors (Lipinski definition) is 0. The molecule has 0 aromatic heterocycles. The third kappa shape index (κ3) is 6.08. The van der Waals surface area contributed by atoms with Gasteiger partial charge in [0.1, 0.15) is 7.28 Å². The molecule has 0 saturated carbocycles. The lowest BCUT2D eigenvalue weighted by Gasteiger charge is -2.19. The van der Waals surface area contributed by atoms with Gasteiger partial charge in [-0.15, -0.1) is 6.58 Å². The maximum atomic E-state index is 4.17. The van der Waals surface area contributed by atoms with Gasteiger partial charge in [0, 0.05) is 0 Å². The van der Waals surface area contributed by atoms with Crippen LogP contribution in [0, 0.1) is 0 Å². The molecule has 0 amide bonds. The van der Waals surface area contributed by atoms with Crippen LogP contribution in [0.25, 0.3) is 0 Å². The highest BCUT2D eigenvalue weighted by molar-refractivity contribution is 6.45. The SMILES string of the molecule is C=C/C=C\C(C)=C(/C)C(=C(C=C)C(=C)[B]C)/C(C)=C(C)/C=C\C=C. The first-order chi connectivity index (χ1) is 11.3. The van der Waals surface area contributed by atoms with Crippen molar-refractivity contribution in [2.75, 3.05) is 0 Å². The minimum absolute atomic E-state index is 0.972. The van der Waals surface area contributed by atoms with Gasteiger partial charge in [0.05, 0.1) is 0 Å². The van der Waals surface area contributed by atoms with E-state index in [1.165, 1.54) is 27.9 Å². The summed E-state index contributed by atoms with van der Waals surface area (Å²) in [5.74, 6) is 0. The van der Waals surface area contributed by atoms with Crippen LogP contribution < -0.4 is 0 Å². The largest absolute Gasteiger partial charge is 0.148 e. The molecule has 24 heavy (non-hydrogen) atoms. The van der Waals surface area contributed by atoms with Crippen molar-refractivity contribution in [2.45, 2.75) is 34.5 Å². The summed E-state index contributed by atoms with van der Waals surface area (Å²) in [6.45, 7) is 26.2. The Morgan fingerprint density at radius 2 is 1.21 bits per heavy atom. The van der Waals surface area contributed by atoms with E-state index in [9.17, 15) is 0 Å². The normalized spacial score (nSPS) is 13.2. The third-order valence-corrected chi connectivity index (χ3v) is 4.07. The Labute approximate surface area is 150 Å². The molecule has 0 aromatic rings. The van der Waals surface area contributed by atoms with Gasteiger partial charge in [0.2, 0.25) is 0 Å². The molecule has 0 atom stereocenters. The molecule has 0 aliphatic carbocycles. The molecule has 0 saturated heterocycles. The fraction of sp³-hybridized carbons (Fsp3) is 0.217. The maximum absolute atomic E-state index is 4.17. The van der Waals surface area contributed by atoms with Crippen molar-refractivity contribution in [3.63, 3.8) is 0 Å². The van der Waals surface area contributed by atoms with Crippen LogP contribution in [0.5, 0.6) is 0 Å². The van der Waals surface area contributed by atoms with E-state index in [1.54, 1.807) is 12.2 Å². The lowest BCUT2D eigenvalue weighted by atomic mass is 9.67. The molecule has 0 aromatic carbocycles. The second kappa shape index (κ2) is 11.3. The highest BCUT2D eigenvalue weighted by atomic mass is 14.2. The van der Waals surface area contributed by atoms with E-state index in [1.807, 2.05) is 32.3 Å². The number of allylic oxidation sites excluding steroid dienone is 14. The molecule has 1 heteroatoms. The van der Waals surface area contributed by atoms with E-state index in [0.717, 1.165) is 11.0 Å². The van der Waals surface area contributed by atoms with Crippen molar-refractivity contribution in [2.24, 2.45) is 0 Å². The van der Waals surface area contributed by atoms with Gasteiger partial charge in [0.25, 0.3) is 0 Å². The van der Waals surface area contributed by atoms with Crippen LogP contribution in [-0.4, -0.2) is 7.28 Å². The molecule has 0 N–H and O–H groups in total. The van der Waals surface area contributed by atoms with Gasteiger partial charge >= 0.3 is 0 Å². The first kappa shape index (κ1) is 21.7. The van der Waals surface area contributed by atoms with E-state index in [4.69, 9.17) is 0 Å². The summed E-state index contributed by atoms with van der Waals surface area (Å²) in [5.41, 5.74) is 7.99. The Balaban J connectivity index is 6.70. The summed E-state index contributed by atoms with van der Waals surface area (Å²) in [6.07, 6.45) is 13.5. The Morgan fingerprint density at radius 3 is 1.50 bits per heavy atom. The van der Waals surface area contributed by atoms with Crippen molar-refractivity contribution in [3.05, 3.63) is 108 Å². The minimum atomic E-state index is 0.972. The molecule has 0 rings (SSSR count). The summed E-state index contributed by atoms with van der Waals surface area (Å²) in [6, 6.07) is 0. The van der Waals surface area contributed by atoms with E-state index >= 15 is 0 Å². The lowest BCUT2D eigenvalue weighted by Crippen LogP contribution is -2.03. The topological polar surface area (TPSA) is 0 Å². The Kier molecular flexibility index (Phi) is 10.2. The zero-order chi connectivity index (χ0) is 18.7. The van der Waals surface area contributed by atoms with Crippen LogP contribution in [-0.2, 0) is 0 Å². The molecular weight excluding hydrogens is 287 g/mol. The monoisotopic (exact) mass is 317 g/mol. The van der Waals surface area contributed by atoms with E-state index in [2.05, 4.69) is 66.2 Å². The fourth-order valence-electron chi connectivity index (χ4n) is 2.30. The van der Waals surface area contributed by atoms with E-state index < -0.39 is 0 Å². The van der Waals surface area contributed by atoms with Crippen molar-refractivity contribution in [1.29, 1.82) is 0 Å². The standard InChI is InChI=1S/C23H30B/c1-10-13-15-17(4)19(6)23(22(12-3)21(8)24-9)20(7)18(5)16-14-11-2/h10-16H,1-3,8H2,4-7,9H3/b15-13-,16-14-,19-17+,20-18+. The molecule has 125 valence electrons. The van der Waals surface area contributed by atoms with Crippen molar-refractivity contribution < 1.29 is 0 Å². The maximum Gasteiger partial charge on any atom is 0.148 e. The summed E-state index contributed by atoms with van der Waals surface area (Å²) < 4.78 is 0. The average Bonchev–Trinajstić information content (AvgIpc) is 2.59. The van der Waals surface area contributed by atoms with Gasteiger partial charge in [-0.1, -0.05) is 74.6 Å². The summed E-state index contributed by atoms with van der Waals surface area (Å²) in [4.78, 5) is 0. The summed E-state index contributed by atoms with van der Waals surface area (Å²) in [5, 5.41) is 0. The molecule has 1 radical (unpaired) electrons. The van der Waals surface area contributed by atoms with Gasteiger partial charge in [-0.25, -0.2) is 0 Å². The van der Waals surface area contributed by atoms with Crippen molar-refractivity contribution >= 4 is 7.28 Å². The second-order valence-corrected chi connectivity index (χ2v) is 5.61. The molecule has 0 bridgehead atoms. The molecule has 0 aliphatic heterocycles. The smallest absolute Gasteiger partial charge is 0.105 e. The Morgan fingerprint density at radius 1 is 0.792 bits per heavy atom. The zero-order valence-electron chi connectivity index (χ0n) is 15.9. The molecule has 0 heterocycles. The van der Waals surface area contributed by atoms with E-state index in [0.29, 0.717) is 0 Å². The van der Waals surface area contributed by atoms with Gasteiger partial charge in [0.15, 0.2) is 0 Å². The van der Waals surface area contributed by atoms with Gasteiger partial charge in [-0.3, -0.25) is 0 Å². The first-order valence-electron chi connectivity index (χ1n) is 8.14. The predicted octanol–water partition coefficient (Wildman–Crippen LogP) is 6.89. The van der Waals surface area contributed by atoms with Crippen LogP contribution in [0.2, 0.25) is 6.82 Å². The van der Waals surface area contributed by atoms with Gasteiger partial charge in [-0.2, -0.15) is 0 Å². The minimum Gasteiger partial charge on any atom is -0.105 e. The molecule has 0 aliphatic rings.